The van der Waals surface area contributed by atoms with Gasteiger partial charge in [0.05, 0.1) is 54.4 Å². The largest absolute Gasteiger partial charge is 0.504 e. The van der Waals surface area contributed by atoms with Gasteiger partial charge in [-0.1, -0.05) is 12.1 Å². The summed E-state index contributed by atoms with van der Waals surface area (Å²) in [5.41, 5.74) is 1.68. The molecule has 2 atom stereocenters. The van der Waals surface area contributed by atoms with E-state index in [4.69, 9.17) is 28.8 Å². The molecule has 0 aromatic heterocycles. The van der Waals surface area contributed by atoms with Crippen LogP contribution in [0.3, 0.4) is 0 Å². The molecule has 0 aliphatic carbocycles. The minimum Gasteiger partial charge on any atom is -0.504 e. The molecule has 10 heteroatoms. The number of aliphatic hydroxyl groups is 2. The van der Waals surface area contributed by atoms with Crippen LogP contribution < -0.4 is 19.5 Å². The van der Waals surface area contributed by atoms with E-state index in [1.54, 1.807) is 32.4 Å². The van der Waals surface area contributed by atoms with E-state index in [0.717, 1.165) is 11.1 Å². The molecule has 10 nitrogen and oxygen atoms in total. The van der Waals surface area contributed by atoms with Gasteiger partial charge >= 0.3 is 0 Å². The molecule has 0 bridgehead atoms. The van der Waals surface area contributed by atoms with E-state index in [2.05, 4.69) is 5.32 Å². The minimum atomic E-state index is -0.569. The van der Waals surface area contributed by atoms with Crippen molar-refractivity contribution in [2.45, 2.75) is 12.8 Å². The number of ether oxygens (including phenoxy) is 5. The normalized spacial score (nSPS) is 12.6. The van der Waals surface area contributed by atoms with Gasteiger partial charge in [0.25, 0.3) is 0 Å². The maximum absolute atomic E-state index is 13.3. The Labute approximate surface area is 218 Å². The first-order valence-corrected chi connectivity index (χ1v) is 12.2. The molecule has 37 heavy (non-hydrogen) atoms. The summed E-state index contributed by atoms with van der Waals surface area (Å²) in [7, 11) is 4.58. The Balaban J connectivity index is 2.14. The molecular formula is C27H39NO9. The number of hydrogen-bond donors (Lipinski definition) is 4. The number of phenols is 1. The molecule has 0 unspecified atom stereocenters. The topological polar surface area (TPSA) is 136 Å². The summed E-state index contributed by atoms with van der Waals surface area (Å²) in [5.74, 6) is 0.308. The van der Waals surface area contributed by atoms with E-state index in [1.807, 2.05) is 12.1 Å². The zero-order chi connectivity index (χ0) is 27.0. The molecule has 2 aromatic carbocycles. The predicted octanol–water partition coefficient (Wildman–Crippen LogP) is 1.57. The number of methoxy groups -OCH3 is 3. The first kappa shape index (κ1) is 30.2. The maximum atomic E-state index is 13.3. The number of rotatable bonds is 18. The Kier molecular flexibility index (Phi) is 13.6. The van der Waals surface area contributed by atoms with Crippen LogP contribution in [0.4, 0.5) is 0 Å². The number of carbonyl (C=O) groups excluding carboxylic acids is 1. The molecule has 0 saturated carbocycles. The third-order valence-electron chi connectivity index (χ3n) is 5.94. The Morgan fingerprint density at radius 2 is 1.43 bits per heavy atom. The van der Waals surface area contributed by atoms with Crippen molar-refractivity contribution < 1.29 is 43.8 Å². The van der Waals surface area contributed by atoms with Gasteiger partial charge in [-0.3, -0.25) is 4.79 Å². The van der Waals surface area contributed by atoms with Gasteiger partial charge in [-0.2, -0.15) is 0 Å². The van der Waals surface area contributed by atoms with Gasteiger partial charge in [-0.25, -0.2) is 0 Å². The number of benzene rings is 2. The SMILES string of the molecule is COc1cc(C[C@@H](C(=O)NCCOCCOCCO)[C@H](CO)Cc2ccc(OC)c(OC)c2)ccc1O. The smallest absolute Gasteiger partial charge is 0.223 e. The van der Waals surface area contributed by atoms with Crippen LogP contribution in [0.2, 0.25) is 0 Å². The lowest BCUT2D eigenvalue weighted by molar-refractivity contribution is -0.127. The molecule has 0 aliphatic rings. The minimum absolute atomic E-state index is 0.0106. The number of hydrogen-bond acceptors (Lipinski definition) is 9. The number of carbonyl (C=O) groups is 1. The third kappa shape index (κ3) is 9.73. The zero-order valence-electron chi connectivity index (χ0n) is 21.8. The summed E-state index contributed by atoms with van der Waals surface area (Å²) in [6.07, 6.45) is 0.764. The van der Waals surface area contributed by atoms with E-state index in [1.165, 1.54) is 13.2 Å². The number of aliphatic hydroxyl groups excluding tert-OH is 2. The van der Waals surface area contributed by atoms with E-state index in [9.17, 15) is 15.0 Å². The zero-order valence-corrected chi connectivity index (χ0v) is 21.8. The molecule has 2 rings (SSSR count). The van der Waals surface area contributed by atoms with Crippen molar-refractivity contribution in [3.05, 3.63) is 47.5 Å². The number of aromatic hydroxyl groups is 1. The van der Waals surface area contributed by atoms with Crippen molar-refractivity contribution in [2.24, 2.45) is 11.8 Å². The maximum Gasteiger partial charge on any atom is 0.223 e. The standard InChI is InChI=1S/C27H39NO9/c1-33-24-7-5-19(17-26(24)35-3)14-21(18-30)22(15-20-4-6-23(31)25(16-20)34-2)27(32)28-8-10-36-12-13-37-11-9-29/h4-7,16-17,21-22,29-31H,8-15,18H2,1-3H3,(H,28,32)/t21-,22+/m0/s1. The molecule has 0 radical (unpaired) electrons. The van der Waals surface area contributed by atoms with Crippen LogP contribution in [0.15, 0.2) is 36.4 Å². The quantitative estimate of drug-likeness (QED) is 0.216. The van der Waals surface area contributed by atoms with Gasteiger partial charge in [0.1, 0.15) is 0 Å². The highest BCUT2D eigenvalue weighted by molar-refractivity contribution is 5.79. The Hall–Kier alpha value is -3.05. The van der Waals surface area contributed by atoms with Crippen molar-refractivity contribution in [1.82, 2.24) is 5.32 Å². The molecule has 0 spiro atoms. The summed E-state index contributed by atoms with van der Waals surface area (Å²) < 4.78 is 26.5. The lowest BCUT2D eigenvalue weighted by Gasteiger charge is -2.26. The van der Waals surface area contributed by atoms with Gasteiger partial charge in [0.15, 0.2) is 23.0 Å². The number of nitrogens with one attached hydrogen (secondary N) is 1. The van der Waals surface area contributed by atoms with Crippen LogP contribution >= 0.6 is 0 Å². The second-order valence-corrected chi connectivity index (χ2v) is 8.39. The van der Waals surface area contributed by atoms with Crippen LogP contribution in [0, 0.1) is 11.8 Å². The van der Waals surface area contributed by atoms with Gasteiger partial charge < -0.3 is 44.3 Å². The van der Waals surface area contributed by atoms with Crippen LogP contribution in [-0.4, -0.2) is 88.7 Å². The first-order chi connectivity index (χ1) is 18.0. The van der Waals surface area contributed by atoms with Crippen molar-refractivity contribution in [2.75, 3.05) is 67.5 Å². The van der Waals surface area contributed by atoms with Gasteiger partial charge in [-0.05, 0) is 54.2 Å². The van der Waals surface area contributed by atoms with E-state index >= 15 is 0 Å². The molecule has 2 aromatic rings. The molecular weight excluding hydrogens is 482 g/mol. The Morgan fingerprint density at radius 1 is 0.811 bits per heavy atom. The monoisotopic (exact) mass is 521 g/mol. The second kappa shape index (κ2) is 16.6. The van der Waals surface area contributed by atoms with Crippen LogP contribution in [-0.2, 0) is 27.1 Å². The number of amides is 1. The van der Waals surface area contributed by atoms with Gasteiger partial charge in [0.2, 0.25) is 5.91 Å². The van der Waals surface area contributed by atoms with Crippen LogP contribution in [0.25, 0.3) is 0 Å². The summed E-state index contributed by atoms with van der Waals surface area (Å²) in [4.78, 5) is 13.3. The molecule has 0 heterocycles. The molecule has 1 amide bonds. The van der Waals surface area contributed by atoms with Gasteiger partial charge in [0, 0.05) is 19.1 Å². The Morgan fingerprint density at radius 3 is 2.08 bits per heavy atom. The van der Waals surface area contributed by atoms with Gasteiger partial charge in [-0.15, -0.1) is 0 Å². The highest BCUT2D eigenvalue weighted by atomic mass is 16.5. The average Bonchev–Trinajstić information content (AvgIpc) is 2.92. The molecule has 206 valence electrons. The molecule has 0 aliphatic heterocycles. The summed E-state index contributed by atoms with van der Waals surface area (Å²) in [5, 5.41) is 31.9. The fourth-order valence-corrected chi connectivity index (χ4v) is 3.98. The fraction of sp³-hybridized carbons (Fsp3) is 0.519. The lowest BCUT2D eigenvalue weighted by atomic mass is 9.82. The van der Waals surface area contributed by atoms with E-state index in [0.29, 0.717) is 56.5 Å². The Bertz CT molecular complexity index is 953. The molecule has 0 saturated heterocycles. The molecule has 0 fully saturated rings. The van der Waals surface area contributed by atoms with Crippen molar-refractivity contribution in [3.8, 4) is 23.0 Å². The summed E-state index contributed by atoms with van der Waals surface area (Å²) in [6.45, 7) is 1.31. The van der Waals surface area contributed by atoms with Crippen molar-refractivity contribution in [3.63, 3.8) is 0 Å². The predicted molar refractivity (Wildman–Crippen MR) is 137 cm³/mol. The average molecular weight is 522 g/mol. The number of phenolic OH excluding ortho intramolecular Hbond substituents is 1. The van der Waals surface area contributed by atoms with E-state index in [-0.39, 0.29) is 31.5 Å². The lowest BCUT2D eigenvalue weighted by Crippen LogP contribution is -2.40. The van der Waals surface area contributed by atoms with Crippen LogP contribution in [0.5, 0.6) is 23.0 Å². The third-order valence-corrected chi connectivity index (χ3v) is 5.94. The van der Waals surface area contributed by atoms with E-state index < -0.39 is 11.8 Å². The highest BCUT2D eigenvalue weighted by Gasteiger charge is 2.29. The van der Waals surface area contributed by atoms with Crippen LogP contribution in [0.1, 0.15) is 11.1 Å². The first-order valence-electron chi connectivity index (χ1n) is 12.2. The van der Waals surface area contributed by atoms with Crippen molar-refractivity contribution >= 4 is 5.91 Å². The second-order valence-electron chi connectivity index (χ2n) is 8.39. The fourth-order valence-electron chi connectivity index (χ4n) is 3.98. The van der Waals surface area contributed by atoms with Crippen molar-refractivity contribution in [1.29, 1.82) is 0 Å². The summed E-state index contributed by atoms with van der Waals surface area (Å²) >= 11 is 0. The molecule has 4 N–H and O–H groups in total. The highest BCUT2D eigenvalue weighted by Crippen LogP contribution is 2.32. The summed E-state index contributed by atoms with van der Waals surface area (Å²) in [6, 6.07) is 10.5.